The van der Waals surface area contributed by atoms with Gasteiger partial charge in [0.1, 0.15) is 11.5 Å². The van der Waals surface area contributed by atoms with Crippen LogP contribution in [0.4, 0.5) is 0 Å². The first kappa shape index (κ1) is 13.4. The topological polar surface area (TPSA) is 28.4 Å². The van der Waals surface area contributed by atoms with Gasteiger partial charge < -0.3 is 9.73 Å². The van der Waals surface area contributed by atoms with Gasteiger partial charge in [-0.15, -0.1) is 0 Å². The van der Waals surface area contributed by atoms with E-state index in [1.54, 1.807) is 0 Å². The average Bonchev–Trinajstić information content (AvgIpc) is 3.00. The van der Waals surface area contributed by atoms with Crippen LogP contribution in [-0.4, -0.2) is 24.5 Å². The van der Waals surface area contributed by atoms with E-state index in [-0.39, 0.29) is 0 Å². The molecule has 1 aliphatic rings. The molecule has 1 fully saturated rings. The third-order valence-electron chi connectivity index (χ3n) is 3.20. The van der Waals surface area contributed by atoms with E-state index < -0.39 is 0 Å². The first-order valence-electron chi connectivity index (χ1n) is 6.69. The SMILES string of the molecule is C=C(C)CN(C)Cc1cc(CNC2CC2)c(C)o1. The zero-order chi connectivity index (χ0) is 13.1. The Morgan fingerprint density at radius 1 is 1.56 bits per heavy atom. The summed E-state index contributed by atoms with van der Waals surface area (Å²) in [6.07, 6.45) is 2.65. The molecule has 0 bridgehead atoms. The van der Waals surface area contributed by atoms with E-state index in [9.17, 15) is 0 Å². The van der Waals surface area contributed by atoms with Gasteiger partial charge >= 0.3 is 0 Å². The molecule has 0 aliphatic heterocycles. The summed E-state index contributed by atoms with van der Waals surface area (Å²) in [4.78, 5) is 2.22. The summed E-state index contributed by atoms with van der Waals surface area (Å²) < 4.78 is 5.81. The quantitative estimate of drug-likeness (QED) is 0.752. The minimum atomic E-state index is 0.744. The van der Waals surface area contributed by atoms with Crippen LogP contribution in [0.15, 0.2) is 22.6 Å². The summed E-state index contributed by atoms with van der Waals surface area (Å²) in [5.74, 6) is 2.09. The smallest absolute Gasteiger partial charge is 0.118 e. The maximum Gasteiger partial charge on any atom is 0.118 e. The Kier molecular flexibility index (Phi) is 4.25. The van der Waals surface area contributed by atoms with Crippen molar-refractivity contribution in [1.29, 1.82) is 0 Å². The van der Waals surface area contributed by atoms with Gasteiger partial charge in [0.05, 0.1) is 6.54 Å². The summed E-state index contributed by atoms with van der Waals surface area (Å²) in [7, 11) is 2.09. The van der Waals surface area contributed by atoms with Crippen molar-refractivity contribution >= 4 is 0 Å². The lowest BCUT2D eigenvalue weighted by Gasteiger charge is -2.14. The van der Waals surface area contributed by atoms with Crippen LogP contribution in [0.5, 0.6) is 0 Å². The van der Waals surface area contributed by atoms with Gasteiger partial charge in [0.2, 0.25) is 0 Å². The Hall–Kier alpha value is -1.06. The second kappa shape index (κ2) is 5.72. The molecule has 1 aromatic heterocycles. The van der Waals surface area contributed by atoms with Gasteiger partial charge in [0, 0.05) is 24.7 Å². The molecule has 3 nitrogen and oxygen atoms in total. The number of rotatable bonds is 7. The molecule has 0 radical (unpaired) electrons. The van der Waals surface area contributed by atoms with Crippen molar-refractivity contribution < 1.29 is 4.42 Å². The highest BCUT2D eigenvalue weighted by Gasteiger charge is 2.21. The van der Waals surface area contributed by atoms with Crippen molar-refractivity contribution in [1.82, 2.24) is 10.2 Å². The fraction of sp³-hybridized carbons (Fsp3) is 0.600. The van der Waals surface area contributed by atoms with Crippen LogP contribution >= 0.6 is 0 Å². The predicted octanol–water partition coefficient (Wildman–Crippen LogP) is 2.85. The van der Waals surface area contributed by atoms with Gasteiger partial charge in [-0.2, -0.15) is 0 Å². The van der Waals surface area contributed by atoms with Gasteiger partial charge in [-0.25, -0.2) is 0 Å². The molecule has 2 rings (SSSR count). The third kappa shape index (κ3) is 4.00. The molecule has 3 heteroatoms. The number of furan rings is 1. The number of nitrogens with one attached hydrogen (secondary N) is 1. The molecular formula is C15H24N2O. The standard InChI is InChI=1S/C15H24N2O/c1-11(2)9-17(4)10-15-7-13(12(3)18-15)8-16-14-5-6-14/h7,14,16H,1,5-6,8-10H2,2-4H3. The Bertz CT molecular complexity index is 418. The number of hydrogen-bond donors (Lipinski definition) is 1. The van der Waals surface area contributed by atoms with Crippen molar-refractivity contribution in [2.24, 2.45) is 0 Å². The van der Waals surface area contributed by atoms with Crippen molar-refractivity contribution in [3.63, 3.8) is 0 Å². The lowest BCUT2D eigenvalue weighted by atomic mass is 10.2. The molecular weight excluding hydrogens is 224 g/mol. The summed E-state index contributed by atoms with van der Waals surface area (Å²) in [6.45, 7) is 10.7. The highest BCUT2D eigenvalue weighted by atomic mass is 16.3. The zero-order valence-corrected chi connectivity index (χ0v) is 11.8. The molecule has 0 saturated heterocycles. The number of likely N-dealkylation sites (N-methyl/N-ethyl adjacent to an activating group) is 1. The third-order valence-corrected chi connectivity index (χ3v) is 3.20. The van der Waals surface area contributed by atoms with Crippen molar-refractivity contribution in [3.05, 3.63) is 35.3 Å². The van der Waals surface area contributed by atoms with Gasteiger partial charge in [-0.3, -0.25) is 4.90 Å². The molecule has 0 unspecified atom stereocenters. The van der Waals surface area contributed by atoms with Crippen molar-refractivity contribution in [2.75, 3.05) is 13.6 Å². The Balaban J connectivity index is 1.88. The average molecular weight is 248 g/mol. The highest BCUT2D eigenvalue weighted by Crippen LogP contribution is 2.21. The Morgan fingerprint density at radius 3 is 2.89 bits per heavy atom. The molecule has 18 heavy (non-hydrogen) atoms. The summed E-state index contributed by atoms with van der Waals surface area (Å²) in [5, 5.41) is 3.52. The molecule has 0 amide bonds. The zero-order valence-electron chi connectivity index (χ0n) is 11.8. The minimum absolute atomic E-state index is 0.744. The largest absolute Gasteiger partial charge is 0.465 e. The van der Waals surface area contributed by atoms with Gasteiger partial charge in [-0.1, -0.05) is 12.2 Å². The maximum atomic E-state index is 5.81. The van der Waals surface area contributed by atoms with Gasteiger partial charge in [0.25, 0.3) is 0 Å². The number of aryl methyl sites for hydroxylation is 1. The van der Waals surface area contributed by atoms with E-state index in [1.807, 2.05) is 6.92 Å². The molecule has 0 aromatic carbocycles. The van der Waals surface area contributed by atoms with E-state index in [4.69, 9.17) is 4.42 Å². The predicted molar refractivity (Wildman–Crippen MR) is 74.5 cm³/mol. The Morgan fingerprint density at radius 2 is 2.28 bits per heavy atom. The molecule has 0 spiro atoms. The lowest BCUT2D eigenvalue weighted by Crippen LogP contribution is -2.19. The molecule has 1 aliphatic carbocycles. The molecule has 1 aromatic rings. The van der Waals surface area contributed by atoms with Crippen LogP contribution < -0.4 is 5.32 Å². The van der Waals surface area contributed by atoms with E-state index in [0.717, 1.165) is 37.2 Å². The molecule has 1 saturated carbocycles. The molecule has 100 valence electrons. The normalized spacial score (nSPS) is 15.3. The second-order valence-electron chi connectivity index (χ2n) is 5.58. The fourth-order valence-electron chi connectivity index (χ4n) is 2.17. The van der Waals surface area contributed by atoms with Crippen LogP contribution in [0.25, 0.3) is 0 Å². The van der Waals surface area contributed by atoms with E-state index in [2.05, 4.69) is 36.8 Å². The fourth-order valence-corrected chi connectivity index (χ4v) is 2.17. The van der Waals surface area contributed by atoms with Crippen LogP contribution in [0, 0.1) is 6.92 Å². The number of hydrogen-bond acceptors (Lipinski definition) is 3. The minimum Gasteiger partial charge on any atom is -0.465 e. The first-order chi connectivity index (χ1) is 8.54. The Labute approximate surface area is 110 Å². The monoisotopic (exact) mass is 248 g/mol. The lowest BCUT2D eigenvalue weighted by molar-refractivity contribution is 0.313. The number of nitrogens with zero attached hydrogens (tertiary/aromatic N) is 1. The first-order valence-corrected chi connectivity index (χ1v) is 6.69. The van der Waals surface area contributed by atoms with Crippen LogP contribution in [-0.2, 0) is 13.1 Å². The van der Waals surface area contributed by atoms with Crippen LogP contribution in [0.1, 0.15) is 36.8 Å². The summed E-state index contributed by atoms with van der Waals surface area (Å²) in [6, 6.07) is 2.92. The van der Waals surface area contributed by atoms with Crippen LogP contribution in [0.3, 0.4) is 0 Å². The maximum absolute atomic E-state index is 5.81. The van der Waals surface area contributed by atoms with E-state index >= 15 is 0 Å². The molecule has 1 N–H and O–H groups in total. The van der Waals surface area contributed by atoms with Crippen molar-refractivity contribution in [3.8, 4) is 0 Å². The van der Waals surface area contributed by atoms with E-state index in [1.165, 1.54) is 24.0 Å². The molecule has 0 atom stereocenters. The van der Waals surface area contributed by atoms with Gasteiger partial charge in [-0.05, 0) is 39.8 Å². The second-order valence-corrected chi connectivity index (χ2v) is 5.58. The summed E-state index contributed by atoms with van der Waals surface area (Å²) >= 11 is 0. The highest BCUT2D eigenvalue weighted by molar-refractivity contribution is 5.21. The molecule has 1 heterocycles. The van der Waals surface area contributed by atoms with Gasteiger partial charge in [0.15, 0.2) is 0 Å². The summed E-state index contributed by atoms with van der Waals surface area (Å²) in [5.41, 5.74) is 2.47. The van der Waals surface area contributed by atoms with Crippen molar-refractivity contribution in [2.45, 2.75) is 45.8 Å². The van der Waals surface area contributed by atoms with Crippen LogP contribution in [0.2, 0.25) is 0 Å². The van der Waals surface area contributed by atoms with E-state index in [0.29, 0.717) is 0 Å².